The third-order valence-electron chi connectivity index (χ3n) is 5.46. The SMILES string of the molecule is COCC1CN(C(=O)c2ccc(OC)nc2OC)CC1c1nc(-c2ccccc2)n[nH]1. The summed E-state index contributed by atoms with van der Waals surface area (Å²) in [5.41, 5.74) is 1.33. The van der Waals surface area contributed by atoms with Crippen LogP contribution in [-0.4, -0.2) is 72.0 Å². The van der Waals surface area contributed by atoms with Gasteiger partial charge in [-0.2, -0.15) is 10.1 Å². The quantitative estimate of drug-likeness (QED) is 0.622. The monoisotopic (exact) mass is 423 g/mol. The van der Waals surface area contributed by atoms with Crippen LogP contribution in [0.15, 0.2) is 42.5 Å². The molecule has 9 heteroatoms. The van der Waals surface area contributed by atoms with Crippen molar-refractivity contribution in [2.75, 3.05) is 41.0 Å². The average Bonchev–Trinajstić information content (AvgIpc) is 3.46. The first kappa shape index (κ1) is 20.8. The molecule has 3 aromatic rings. The van der Waals surface area contributed by atoms with Crippen LogP contribution >= 0.6 is 0 Å². The fourth-order valence-corrected chi connectivity index (χ4v) is 3.91. The van der Waals surface area contributed by atoms with Crippen LogP contribution < -0.4 is 9.47 Å². The minimum absolute atomic E-state index is 0.0222. The van der Waals surface area contributed by atoms with Crippen molar-refractivity contribution in [1.82, 2.24) is 25.1 Å². The van der Waals surface area contributed by atoms with Crippen molar-refractivity contribution in [2.45, 2.75) is 5.92 Å². The smallest absolute Gasteiger partial charge is 0.259 e. The number of nitrogens with one attached hydrogen (secondary N) is 1. The van der Waals surface area contributed by atoms with Gasteiger partial charge in [0.15, 0.2) is 5.82 Å². The number of H-pyrrole nitrogens is 1. The number of aromatic nitrogens is 4. The van der Waals surface area contributed by atoms with E-state index in [9.17, 15) is 4.79 Å². The summed E-state index contributed by atoms with van der Waals surface area (Å²) in [7, 11) is 4.66. The van der Waals surface area contributed by atoms with E-state index in [0.29, 0.717) is 37.0 Å². The van der Waals surface area contributed by atoms with Gasteiger partial charge in [-0.1, -0.05) is 30.3 Å². The maximum absolute atomic E-state index is 13.3. The molecule has 2 unspecified atom stereocenters. The van der Waals surface area contributed by atoms with Crippen molar-refractivity contribution in [2.24, 2.45) is 5.92 Å². The molecule has 9 nitrogen and oxygen atoms in total. The number of carbonyl (C=O) groups excluding carboxylic acids is 1. The van der Waals surface area contributed by atoms with Crippen LogP contribution in [0.2, 0.25) is 0 Å². The molecule has 0 radical (unpaired) electrons. The Labute approximate surface area is 180 Å². The summed E-state index contributed by atoms with van der Waals surface area (Å²) >= 11 is 0. The van der Waals surface area contributed by atoms with Crippen molar-refractivity contribution >= 4 is 5.91 Å². The largest absolute Gasteiger partial charge is 0.481 e. The molecule has 0 bridgehead atoms. The van der Waals surface area contributed by atoms with Crippen LogP contribution in [0.1, 0.15) is 22.1 Å². The van der Waals surface area contributed by atoms with Gasteiger partial charge < -0.3 is 19.1 Å². The van der Waals surface area contributed by atoms with Crippen molar-refractivity contribution in [1.29, 1.82) is 0 Å². The van der Waals surface area contributed by atoms with Crippen LogP contribution in [0.5, 0.6) is 11.8 Å². The molecule has 2 atom stereocenters. The molecular formula is C22H25N5O4. The van der Waals surface area contributed by atoms with Crippen molar-refractivity contribution < 1.29 is 19.0 Å². The summed E-state index contributed by atoms with van der Waals surface area (Å²) in [5, 5.41) is 7.44. The van der Waals surface area contributed by atoms with Gasteiger partial charge >= 0.3 is 0 Å². The summed E-state index contributed by atoms with van der Waals surface area (Å²) in [6, 6.07) is 13.1. The van der Waals surface area contributed by atoms with Gasteiger partial charge in [-0.25, -0.2) is 4.98 Å². The number of methoxy groups -OCH3 is 3. The lowest BCUT2D eigenvalue weighted by Crippen LogP contribution is -2.30. The topological polar surface area (TPSA) is 102 Å². The van der Waals surface area contributed by atoms with Gasteiger partial charge in [0.05, 0.1) is 20.8 Å². The Hall–Kier alpha value is -3.46. The number of rotatable bonds is 7. The van der Waals surface area contributed by atoms with Crippen LogP contribution in [-0.2, 0) is 4.74 Å². The molecule has 1 saturated heterocycles. The van der Waals surface area contributed by atoms with Crippen LogP contribution in [0.25, 0.3) is 11.4 Å². The molecular weight excluding hydrogens is 398 g/mol. The molecule has 0 aliphatic carbocycles. The third-order valence-corrected chi connectivity index (χ3v) is 5.46. The summed E-state index contributed by atoms with van der Waals surface area (Å²) < 4.78 is 15.9. The molecule has 162 valence electrons. The second kappa shape index (κ2) is 9.13. The van der Waals surface area contributed by atoms with Crippen molar-refractivity contribution in [3.05, 3.63) is 53.9 Å². The molecule has 1 aliphatic heterocycles. The lowest BCUT2D eigenvalue weighted by molar-refractivity contribution is 0.0771. The number of carbonyl (C=O) groups is 1. The normalized spacial score (nSPS) is 18.2. The van der Waals surface area contributed by atoms with Gasteiger partial charge in [0.25, 0.3) is 5.91 Å². The Kier molecular flexibility index (Phi) is 6.13. The Morgan fingerprint density at radius 3 is 2.58 bits per heavy atom. The standard InChI is InChI=1S/C22H25N5O4/c1-29-13-15-11-27(22(28)16-9-10-18(30-2)23-21(16)31-3)12-17(15)20-24-19(25-26-20)14-7-5-4-6-8-14/h4-10,15,17H,11-13H2,1-3H3,(H,24,25,26). The number of benzene rings is 1. The van der Waals surface area contributed by atoms with E-state index in [-0.39, 0.29) is 23.6 Å². The minimum Gasteiger partial charge on any atom is -0.481 e. The fraction of sp³-hybridized carbons (Fsp3) is 0.364. The zero-order valence-corrected chi connectivity index (χ0v) is 17.7. The van der Waals surface area contributed by atoms with Crippen molar-refractivity contribution in [3.63, 3.8) is 0 Å². The Morgan fingerprint density at radius 1 is 1.06 bits per heavy atom. The van der Waals surface area contributed by atoms with Gasteiger partial charge in [0.1, 0.15) is 11.4 Å². The molecule has 1 N–H and O–H groups in total. The van der Waals surface area contributed by atoms with Gasteiger partial charge in [0, 0.05) is 43.7 Å². The minimum atomic E-state index is -0.154. The van der Waals surface area contributed by atoms with E-state index in [1.165, 1.54) is 14.2 Å². The molecule has 1 amide bonds. The molecule has 0 spiro atoms. The molecule has 3 heterocycles. The molecule has 1 fully saturated rings. The first-order valence-corrected chi connectivity index (χ1v) is 9.99. The number of nitrogens with zero attached hydrogens (tertiary/aromatic N) is 4. The van der Waals surface area contributed by atoms with E-state index < -0.39 is 0 Å². The summed E-state index contributed by atoms with van der Waals surface area (Å²) in [4.78, 5) is 24.0. The number of pyridine rings is 1. The first-order valence-electron chi connectivity index (χ1n) is 9.99. The van der Waals surface area contributed by atoms with Crippen molar-refractivity contribution in [3.8, 4) is 23.1 Å². The number of likely N-dealkylation sites (tertiary alicyclic amines) is 1. The maximum Gasteiger partial charge on any atom is 0.259 e. The molecule has 1 aliphatic rings. The van der Waals surface area contributed by atoms with E-state index in [2.05, 4.69) is 15.2 Å². The van der Waals surface area contributed by atoms with E-state index >= 15 is 0 Å². The highest BCUT2D eigenvalue weighted by Gasteiger charge is 2.39. The Bertz CT molecular complexity index is 1040. The van der Waals surface area contributed by atoms with Gasteiger partial charge in [-0.3, -0.25) is 9.89 Å². The van der Waals surface area contributed by atoms with E-state index in [4.69, 9.17) is 19.2 Å². The Balaban J connectivity index is 1.57. The van der Waals surface area contributed by atoms with Crippen LogP contribution in [0.3, 0.4) is 0 Å². The highest BCUT2D eigenvalue weighted by Crippen LogP contribution is 2.34. The molecule has 4 rings (SSSR count). The summed E-state index contributed by atoms with van der Waals surface area (Å²) in [6.07, 6.45) is 0. The average molecular weight is 423 g/mol. The number of ether oxygens (including phenoxy) is 3. The molecule has 0 saturated carbocycles. The second-order valence-electron chi connectivity index (χ2n) is 7.35. The van der Waals surface area contributed by atoms with Gasteiger partial charge in [-0.05, 0) is 6.07 Å². The summed E-state index contributed by atoms with van der Waals surface area (Å²) in [6.45, 7) is 1.53. The third kappa shape index (κ3) is 4.22. The number of hydrogen-bond acceptors (Lipinski definition) is 7. The number of aromatic amines is 1. The lowest BCUT2D eigenvalue weighted by Gasteiger charge is -2.17. The fourth-order valence-electron chi connectivity index (χ4n) is 3.91. The zero-order valence-electron chi connectivity index (χ0n) is 17.7. The van der Waals surface area contributed by atoms with E-state index in [1.807, 2.05) is 30.3 Å². The summed E-state index contributed by atoms with van der Waals surface area (Å²) in [5.74, 6) is 1.92. The molecule has 31 heavy (non-hydrogen) atoms. The lowest BCUT2D eigenvalue weighted by atomic mass is 9.96. The zero-order chi connectivity index (χ0) is 21.8. The highest BCUT2D eigenvalue weighted by molar-refractivity contribution is 5.96. The second-order valence-corrected chi connectivity index (χ2v) is 7.35. The molecule has 2 aromatic heterocycles. The highest BCUT2D eigenvalue weighted by atomic mass is 16.5. The predicted molar refractivity (Wildman–Crippen MR) is 113 cm³/mol. The van der Waals surface area contributed by atoms with Crippen LogP contribution in [0.4, 0.5) is 0 Å². The molecule has 1 aromatic carbocycles. The van der Waals surface area contributed by atoms with Crippen LogP contribution in [0, 0.1) is 5.92 Å². The number of hydrogen-bond donors (Lipinski definition) is 1. The van der Waals surface area contributed by atoms with E-state index in [1.54, 1.807) is 24.1 Å². The van der Waals surface area contributed by atoms with E-state index in [0.717, 1.165) is 11.4 Å². The predicted octanol–water partition coefficient (Wildman–Crippen LogP) is 2.39. The van der Waals surface area contributed by atoms with Gasteiger partial charge in [0.2, 0.25) is 11.8 Å². The maximum atomic E-state index is 13.3. The first-order chi connectivity index (χ1) is 15.1. The number of amides is 1. The van der Waals surface area contributed by atoms with Gasteiger partial charge in [-0.15, -0.1) is 0 Å². The Morgan fingerprint density at radius 2 is 1.87 bits per heavy atom.